The topological polar surface area (TPSA) is 103 Å². The first-order chi connectivity index (χ1) is 12.3. The van der Waals surface area contributed by atoms with Gasteiger partial charge in [0.05, 0.1) is 35.9 Å². The molecular weight excluding hydrogens is 356 g/mol. The Bertz CT molecular complexity index is 933. The number of aromatic nitrogens is 5. The second kappa shape index (κ2) is 6.19. The van der Waals surface area contributed by atoms with E-state index in [1.54, 1.807) is 15.8 Å². The second-order valence-electron chi connectivity index (χ2n) is 7.21. The number of hydrogen-bond acceptors (Lipinski definition) is 6. The second-order valence-corrected chi connectivity index (χ2v) is 9.51. The van der Waals surface area contributed by atoms with Gasteiger partial charge < -0.3 is 9.47 Å². The molecule has 1 atom stereocenters. The van der Waals surface area contributed by atoms with Crippen LogP contribution in [0.1, 0.15) is 31.6 Å². The molecule has 0 aromatic carbocycles. The van der Waals surface area contributed by atoms with Crippen molar-refractivity contribution in [3.8, 4) is 11.4 Å². The standard InChI is InChI=1S/C16H22N6O3S/c1-11-8-21(16(23)12-3-5-26(24,25)6-4-12)10-14-18-19-15(22(11)14)13-7-17-20(2)9-13/h7,9,11-12H,3-6,8,10H2,1-2H3/t11-/m0/s1. The molecule has 2 aromatic rings. The summed E-state index contributed by atoms with van der Waals surface area (Å²) in [6, 6.07) is 0.0419. The molecule has 2 aliphatic rings. The molecule has 2 aliphatic heterocycles. The van der Waals surface area contributed by atoms with Crippen molar-refractivity contribution in [2.45, 2.75) is 32.4 Å². The average Bonchev–Trinajstić information content (AvgIpc) is 3.20. The smallest absolute Gasteiger partial charge is 0.226 e. The molecule has 1 fully saturated rings. The quantitative estimate of drug-likeness (QED) is 0.750. The largest absolute Gasteiger partial charge is 0.333 e. The number of nitrogens with zero attached hydrogens (tertiary/aromatic N) is 6. The molecule has 1 saturated heterocycles. The first-order valence-electron chi connectivity index (χ1n) is 8.76. The Morgan fingerprint density at radius 3 is 2.62 bits per heavy atom. The molecule has 0 saturated carbocycles. The molecule has 0 N–H and O–H groups in total. The van der Waals surface area contributed by atoms with Gasteiger partial charge >= 0.3 is 0 Å². The fraction of sp³-hybridized carbons (Fsp3) is 0.625. The van der Waals surface area contributed by atoms with Gasteiger partial charge in [0.15, 0.2) is 11.6 Å². The van der Waals surface area contributed by atoms with Crippen LogP contribution in [0.4, 0.5) is 0 Å². The highest BCUT2D eigenvalue weighted by atomic mass is 32.2. The van der Waals surface area contributed by atoms with Gasteiger partial charge in [-0.25, -0.2) is 8.42 Å². The highest BCUT2D eigenvalue weighted by molar-refractivity contribution is 7.91. The lowest BCUT2D eigenvalue weighted by molar-refractivity contribution is -0.137. The van der Waals surface area contributed by atoms with Gasteiger partial charge in [0.25, 0.3) is 0 Å². The summed E-state index contributed by atoms with van der Waals surface area (Å²) in [6.07, 6.45) is 4.48. The molecule has 4 rings (SSSR count). The number of rotatable bonds is 2. The van der Waals surface area contributed by atoms with Gasteiger partial charge in [-0.05, 0) is 19.8 Å². The van der Waals surface area contributed by atoms with Crippen molar-refractivity contribution >= 4 is 15.7 Å². The molecular formula is C16H22N6O3S. The normalized spacial score (nSPS) is 23.0. The van der Waals surface area contributed by atoms with E-state index >= 15 is 0 Å². The number of sulfone groups is 1. The predicted molar refractivity (Wildman–Crippen MR) is 93.7 cm³/mol. The molecule has 0 spiro atoms. The third-order valence-corrected chi connectivity index (χ3v) is 6.92. The molecule has 0 bridgehead atoms. The molecule has 10 heteroatoms. The minimum Gasteiger partial charge on any atom is -0.333 e. The molecule has 4 heterocycles. The molecule has 0 unspecified atom stereocenters. The summed E-state index contributed by atoms with van der Waals surface area (Å²) in [5.41, 5.74) is 0.898. The summed E-state index contributed by atoms with van der Waals surface area (Å²) < 4.78 is 27.0. The van der Waals surface area contributed by atoms with Gasteiger partial charge in [-0.3, -0.25) is 9.48 Å². The van der Waals surface area contributed by atoms with Crippen molar-refractivity contribution in [1.82, 2.24) is 29.4 Å². The van der Waals surface area contributed by atoms with Crippen LogP contribution in [0.15, 0.2) is 12.4 Å². The first kappa shape index (κ1) is 17.2. The molecule has 1 amide bonds. The van der Waals surface area contributed by atoms with Crippen LogP contribution in [-0.4, -0.2) is 61.8 Å². The van der Waals surface area contributed by atoms with Crippen molar-refractivity contribution in [1.29, 1.82) is 0 Å². The first-order valence-corrected chi connectivity index (χ1v) is 10.6. The van der Waals surface area contributed by atoms with E-state index in [1.807, 2.05) is 20.2 Å². The van der Waals surface area contributed by atoms with Crippen molar-refractivity contribution in [3.63, 3.8) is 0 Å². The van der Waals surface area contributed by atoms with Crippen molar-refractivity contribution in [2.24, 2.45) is 13.0 Å². The van der Waals surface area contributed by atoms with E-state index in [1.165, 1.54) is 0 Å². The van der Waals surface area contributed by atoms with E-state index in [0.29, 0.717) is 25.9 Å². The fourth-order valence-electron chi connectivity index (χ4n) is 3.83. The van der Waals surface area contributed by atoms with E-state index in [-0.39, 0.29) is 29.4 Å². The number of aryl methyl sites for hydroxylation is 1. The lowest BCUT2D eigenvalue weighted by atomic mass is 10.00. The van der Waals surface area contributed by atoms with Crippen LogP contribution in [0, 0.1) is 5.92 Å². The van der Waals surface area contributed by atoms with Crippen LogP contribution in [0.25, 0.3) is 11.4 Å². The number of hydrogen-bond donors (Lipinski definition) is 0. The number of carbonyl (C=O) groups excluding carboxylic acids is 1. The zero-order chi connectivity index (χ0) is 18.5. The lowest BCUT2D eigenvalue weighted by Crippen LogP contribution is -2.45. The van der Waals surface area contributed by atoms with Crippen molar-refractivity contribution < 1.29 is 13.2 Å². The Morgan fingerprint density at radius 2 is 1.96 bits per heavy atom. The van der Waals surface area contributed by atoms with Crippen LogP contribution in [-0.2, 0) is 28.2 Å². The minimum atomic E-state index is -2.97. The maximum absolute atomic E-state index is 12.9. The van der Waals surface area contributed by atoms with Gasteiger partial charge in [0.2, 0.25) is 5.91 Å². The summed E-state index contributed by atoms with van der Waals surface area (Å²) in [5.74, 6) is 1.54. The third-order valence-electron chi connectivity index (χ3n) is 5.20. The zero-order valence-electron chi connectivity index (χ0n) is 14.9. The summed E-state index contributed by atoms with van der Waals surface area (Å²) >= 11 is 0. The van der Waals surface area contributed by atoms with Gasteiger partial charge in [-0.2, -0.15) is 5.10 Å². The summed E-state index contributed by atoms with van der Waals surface area (Å²) in [6.45, 7) is 3.01. The molecule has 140 valence electrons. The van der Waals surface area contributed by atoms with Crippen molar-refractivity contribution in [2.75, 3.05) is 18.1 Å². The number of amides is 1. The minimum absolute atomic E-state index is 0.0314. The Balaban J connectivity index is 1.54. The van der Waals surface area contributed by atoms with Crippen LogP contribution in [0.3, 0.4) is 0 Å². The maximum Gasteiger partial charge on any atom is 0.226 e. The molecule has 0 aliphatic carbocycles. The van der Waals surface area contributed by atoms with Gasteiger partial charge in [-0.15, -0.1) is 10.2 Å². The van der Waals surface area contributed by atoms with Gasteiger partial charge in [0.1, 0.15) is 9.84 Å². The summed E-state index contributed by atoms with van der Waals surface area (Å²) in [7, 11) is -1.12. The highest BCUT2D eigenvalue weighted by Crippen LogP contribution is 2.29. The van der Waals surface area contributed by atoms with Crippen molar-refractivity contribution in [3.05, 3.63) is 18.2 Å². The Kier molecular flexibility index (Phi) is 4.09. The van der Waals surface area contributed by atoms with E-state index in [9.17, 15) is 13.2 Å². The molecule has 2 aromatic heterocycles. The lowest BCUT2D eigenvalue weighted by Gasteiger charge is -2.35. The summed E-state index contributed by atoms with van der Waals surface area (Å²) in [4.78, 5) is 14.7. The van der Waals surface area contributed by atoms with E-state index in [4.69, 9.17) is 0 Å². The average molecular weight is 378 g/mol. The van der Waals surface area contributed by atoms with E-state index in [0.717, 1.165) is 17.2 Å². The number of carbonyl (C=O) groups is 1. The SMILES string of the molecule is C[C@H]1CN(C(=O)C2CCS(=O)(=O)CC2)Cc2nnc(-c3cnn(C)c3)n21. The van der Waals surface area contributed by atoms with Crippen LogP contribution >= 0.6 is 0 Å². The Hall–Kier alpha value is -2.23. The van der Waals surface area contributed by atoms with Crippen LogP contribution in [0.5, 0.6) is 0 Å². The number of fused-ring (bicyclic) bond motifs is 1. The highest BCUT2D eigenvalue weighted by Gasteiger charge is 2.35. The third kappa shape index (κ3) is 3.02. The Labute approximate surface area is 151 Å². The Morgan fingerprint density at radius 1 is 1.23 bits per heavy atom. The van der Waals surface area contributed by atoms with Gasteiger partial charge in [0, 0.05) is 25.7 Å². The van der Waals surface area contributed by atoms with E-state index in [2.05, 4.69) is 19.9 Å². The fourth-order valence-corrected chi connectivity index (χ4v) is 5.32. The molecule has 0 radical (unpaired) electrons. The molecule has 9 nitrogen and oxygen atoms in total. The van der Waals surface area contributed by atoms with E-state index < -0.39 is 9.84 Å². The monoisotopic (exact) mass is 378 g/mol. The predicted octanol–water partition coefficient (Wildman–Crippen LogP) is 0.407. The van der Waals surface area contributed by atoms with Crippen LogP contribution in [0.2, 0.25) is 0 Å². The van der Waals surface area contributed by atoms with Crippen LogP contribution < -0.4 is 0 Å². The maximum atomic E-state index is 12.9. The summed E-state index contributed by atoms with van der Waals surface area (Å²) in [5, 5.41) is 12.8. The van der Waals surface area contributed by atoms with Gasteiger partial charge in [-0.1, -0.05) is 0 Å². The molecule has 26 heavy (non-hydrogen) atoms. The zero-order valence-corrected chi connectivity index (χ0v) is 15.7.